The van der Waals surface area contributed by atoms with Crippen molar-refractivity contribution >= 4 is 5.91 Å². The summed E-state index contributed by atoms with van der Waals surface area (Å²) in [5.41, 5.74) is 0. The third-order valence-corrected chi connectivity index (χ3v) is 4.28. The number of hydrogen-bond donors (Lipinski definition) is 3. The molecule has 18 heavy (non-hydrogen) atoms. The fourth-order valence-electron chi connectivity index (χ4n) is 3.35. The summed E-state index contributed by atoms with van der Waals surface area (Å²) in [6, 6.07) is 1.22. The molecule has 0 radical (unpaired) electrons. The monoisotopic (exact) mass is 253 g/mol. The van der Waals surface area contributed by atoms with E-state index in [9.17, 15) is 4.79 Å². The molecule has 3 atom stereocenters. The summed E-state index contributed by atoms with van der Waals surface area (Å²) < 4.78 is 0. The van der Waals surface area contributed by atoms with E-state index in [0.29, 0.717) is 18.6 Å². The van der Waals surface area contributed by atoms with Crippen LogP contribution in [0.1, 0.15) is 45.4 Å². The number of carbonyl (C=O) groups excluding carboxylic acids is 1. The van der Waals surface area contributed by atoms with Crippen LogP contribution in [0, 0.1) is 5.92 Å². The first-order valence-electron chi connectivity index (χ1n) is 7.54. The van der Waals surface area contributed by atoms with Gasteiger partial charge in [0, 0.05) is 18.6 Å². The van der Waals surface area contributed by atoms with E-state index in [1.165, 1.54) is 38.6 Å². The van der Waals surface area contributed by atoms with Crippen LogP contribution in [0.5, 0.6) is 0 Å². The molecule has 3 N–H and O–H groups in total. The van der Waals surface area contributed by atoms with Gasteiger partial charge in [-0.25, -0.2) is 0 Å². The van der Waals surface area contributed by atoms with Gasteiger partial charge in [0.05, 0.1) is 6.54 Å². The van der Waals surface area contributed by atoms with Crippen molar-refractivity contribution in [2.24, 2.45) is 5.92 Å². The Morgan fingerprint density at radius 1 is 1.28 bits per heavy atom. The molecular weight excluding hydrogens is 226 g/mol. The molecule has 1 amide bonds. The van der Waals surface area contributed by atoms with Crippen LogP contribution < -0.4 is 16.0 Å². The van der Waals surface area contributed by atoms with Gasteiger partial charge in [0.1, 0.15) is 0 Å². The highest BCUT2D eigenvalue weighted by atomic mass is 16.1. The van der Waals surface area contributed by atoms with Gasteiger partial charge >= 0.3 is 0 Å². The first-order valence-corrected chi connectivity index (χ1v) is 7.54. The molecule has 1 aliphatic carbocycles. The van der Waals surface area contributed by atoms with Gasteiger partial charge in [-0.1, -0.05) is 13.3 Å². The normalized spacial score (nSPS) is 31.7. The Hall–Kier alpha value is -0.610. The van der Waals surface area contributed by atoms with Gasteiger partial charge in [-0.3, -0.25) is 4.79 Å². The molecule has 2 rings (SSSR count). The molecule has 0 bridgehead atoms. The highest BCUT2D eigenvalue weighted by molar-refractivity contribution is 5.77. The molecule has 2 aliphatic rings. The van der Waals surface area contributed by atoms with E-state index in [1.54, 1.807) is 0 Å². The van der Waals surface area contributed by atoms with E-state index in [4.69, 9.17) is 0 Å². The van der Waals surface area contributed by atoms with Gasteiger partial charge in [-0.2, -0.15) is 0 Å². The average molecular weight is 253 g/mol. The second-order valence-corrected chi connectivity index (χ2v) is 5.63. The first kappa shape index (κ1) is 13.8. The Balaban J connectivity index is 1.72. The molecule has 104 valence electrons. The second kappa shape index (κ2) is 7.10. The molecular formula is C14H27N3O. The lowest BCUT2D eigenvalue weighted by Crippen LogP contribution is -2.45. The standard InChI is InChI=1S/C14H27N3O/c1-2-8-16-14(18)10-17-13-6-3-5-11(13)12-7-4-9-15-12/h11-13,15,17H,2-10H2,1H3,(H,16,18). The zero-order valence-electron chi connectivity index (χ0n) is 11.5. The van der Waals surface area contributed by atoms with Crippen molar-refractivity contribution in [1.29, 1.82) is 0 Å². The van der Waals surface area contributed by atoms with Gasteiger partial charge in [-0.15, -0.1) is 0 Å². The molecule has 0 spiro atoms. The van der Waals surface area contributed by atoms with Crippen LogP contribution in [0.4, 0.5) is 0 Å². The smallest absolute Gasteiger partial charge is 0.233 e. The summed E-state index contributed by atoms with van der Waals surface area (Å²) in [4.78, 5) is 11.6. The molecule has 1 aliphatic heterocycles. The van der Waals surface area contributed by atoms with Crippen LogP contribution in [0.25, 0.3) is 0 Å². The number of carbonyl (C=O) groups is 1. The molecule has 1 heterocycles. The summed E-state index contributed by atoms with van der Waals surface area (Å²) in [5, 5.41) is 10.00. The Morgan fingerprint density at radius 2 is 2.17 bits per heavy atom. The maximum Gasteiger partial charge on any atom is 0.233 e. The Labute approximate surface area is 110 Å². The van der Waals surface area contributed by atoms with Gasteiger partial charge in [0.25, 0.3) is 0 Å². The molecule has 3 unspecified atom stereocenters. The molecule has 1 saturated heterocycles. The maximum absolute atomic E-state index is 11.6. The predicted molar refractivity (Wildman–Crippen MR) is 73.5 cm³/mol. The number of hydrogen-bond acceptors (Lipinski definition) is 3. The predicted octanol–water partition coefficient (Wildman–Crippen LogP) is 1.02. The SMILES string of the molecule is CCCNC(=O)CNC1CCCC1C1CCCN1. The molecule has 0 aromatic heterocycles. The van der Waals surface area contributed by atoms with Crippen LogP contribution in [0.15, 0.2) is 0 Å². The van der Waals surface area contributed by atoms with Crippen LogP contribution in [0.2, 0.25) is 0 Å². The molecule has 2 fully saturated rings. The van der Waals surface area contributed by atoms with E-state index in [2.05, 4.69) is 22.9 Å². The van der Waals surface area contributed by atoms with Crippen molar-refractivity contribution in [3.8, 4) is 0 Å². The van der Waals surface area contributed by atoms with E-state index < -0.39 is 0 Å². The molecule has 1 saturated carbocycles. The average Bonchev–Trinajstić information content (AvgIpc) is 3.03. The molecule has 4 heteroatoms. The van der Waals surface area contributed by atoms with Gasteiger partial charge in [-0.05, 0) is 44.6 Å². The van der Waals surface area contributed by atoms with Crippen molar-refractivity contribution < 1.29 is 4.79 Å². The summed E-state index contributed by atoms with van der Waals surface area (Å²) in [6.07, 6.45) is 7.46. The number of rotatable bonds is 6. The molecule has 4 nitrogen and oxygen atoms in total. The minimum Gasteiger partial charge on any atom is -0.355 e. The summed E-state index contributed by atoms with van der Waals surface area (Å²) in [7, 11) is 0. The van der Waals surface area contributed by atoms with Gasteiger partial charge in [0.2, 0.25) is 5.91 Å². The largest absolute Gasteiger partial charge is 0.355 e. The van der Waals surface area contributed by atoms with Crippen molar-refractivity contribution in [3.63, 3.8) is 0 Å². The summed E-state index contributed by atoms with van der Waals surface area (Å²) in [5.74, 6) is 0.869. The van der Waals surface area contributed by atoms with E-state index in [0.717, 1.165) is 18.9 Å². The van der Waals surface area contributed by atoms with E-state index >= 15 is 0 Å². The van der Waals surface area contributed by atoms with Crippen LogP contribution in [-0.2, 0) is 4.79 Å². The van der Waals surface area contributed by atoms with Crippen LogP contribution in [0.3, 0.4) is 0 Å². The second-order valence-electron chi connectivity index (χ2n) is 5.63. The van der Waals surface area contributed by atoms with Crippen molar-refractivity contribution in [2.75, 3.05) is 19.6 Å². The van der Waals surface area contributed by atoms with Crippen molar-refractivity contribution in [1.82, 2.24) is 16.0 Å². The Kier molecular flexibility index (Phi) is 5.45. The highest BCUT2D eigenvalue weighted by Gasteiger charge is 2.34. The summed E-state index contributed by atoms with van der Waals surface area (Å²) in [6.45, 7) is 4.52. The van der Waals surface area contributed by atoms with Gasteiger partial charge < -0.3 is 16.0 Å². The lowest BCUT2D eigenvalue weighted by atomic mass is 9.93. The van der Waals surface area contributed by atoms with E-state index in [1.807, 2.05) is 0 Å². The van der Waals surface area contributed by atoms with Crippen LogP contribution in [-0.4, -0.2) is 37.6 Å². The first-order chi connectivity index (χ1) is 8.81. The third-order valence-electron chi connectivity index (χ3n) is 4.28. The molecule has 0 aromatic rings. The zero-order chi connectivity index (χ0) is 12.8. The quantitative estimate of drug-likeness (QED) is 0.662. The minimum atomic E-state index is 0.141. The minimum absolute atomic E-state index is 0.141. The fraction of sp³-hybridized carbons (Fsp3) is 0.929. The number of amides is 1. The van der Waals surface area contributed by atoms with Gasteiger partial charge in [0.15, 0.2) is 0 Å². The van der Waals surface area contributed by atoms with E-state index in [-0.39, 0.29) is 5.91 Å². The fourth-order valence-corrected chi connectivity index (χ4v) is 3.35. The van der Waals surface area contributed by atoms with Crippen molar-refractivity contribution in [3.05, 3.63) is 0 Å². The Morgan fingerprint density at radius 3 is 2.89 bits per heavy atom. The zero-order valence-corrected chi connectivity index (χ0v) is 11.5. The lowest BCUT2D eigenvalue weighted by Gasteiger charge is -2.26. The van der Waals surface area contributed by atoms with Crippen LogP contribution >= 0.6 is 0 Å². The molecule has 0 aromatic carbocycles. The summed E-state index contributed by atoms with van der Waals surface area (Å²) >= 11 is 0. The highest BCUT2D eigenvalue weighted by Crippen LogP contribution is 2.31. The van der Waals surface area contributed by atoms with Crippen molar-refractivity contribution in [2.45, 2.75) is 57.5 Å². The number of nitrogens with one attached hydrogen (secondary N) is 3. The maximum atomic E-state index is 11.6. The topological polar surface area (TPSA) is 53.2 Å². The Bertz CT molecular complexity index is 264. The third kappa shape index (κ3) is 3.69. The lowest BCUT2D eigenvalue weighted by molar-refractivity contribution is -0.120.